The Morgan fingerprint density at radius 3 is 2.22 bits per heavy atom. The van der Waals surface area contributed by atoms with Gasteiger partial charge >= 0.3 is 0 Å². The molecule has 2 rings (SSSR count). The van der Waals surface area contributed by atoms with Crippen LogP contribution in [0.4, 0.5) is 11.4 Å². The van der Waals surface area contributed by atoms with Gasteiger partial charge in [-0.2, -0.15) is 5.21 Å². The standard InChI is InChI=1S/C10H10N6O2/c1-6(17)11-7-2-4-8(5-3-7)12-10(18)9-13-15-16-14-9/h2-5H,1H3,(H,11,17)(H,12,18)(H,13,14,15,16). The summed E-state index contributed by atoms with van der Waals surface area (Å²) in [5.74, 6) is -0.657. The summed E-state index contributed by atoms with van der Waals surface area (Å²) >= 11 is 0. The molecule has 18 heavy (non-hydrogen) atoms. The number of carbonyl (C=O) groups excluding carboxylic acids is 2. The molecule has 0 aliphatic heterocycles. The van der Waals surface area contributed by atoms with Crippen LogP contribution in [0.5, 0.6) is 0 Å². The normalized spacial score (nSPS) is 9.83. The smallest absolute Gasteiger partial charge is 0.297 e. The predicted molar refractivity (Wildman–Crippen MR) is 62.9 cm³/mol. The number of H-pyrrole nitrogens is 1. The van der Waals surface area contributed by atoms with Gasteiger partial charge in [0.15, 0.2) is 0 Å². The molecule has 1 aromatic heterocycles. The Morgan fingerprint density at radius 2 is 1.72 bits per heavy atom. The minimum Gasteiger partial charge on any atom is -0.326 e. The summed E-state index contributed by atoms with van der Waals surface area (Å²) in [6.45, 7) is 1.42. The van der Waals surface area contributed by atoms with Crippen molar-refractivity contribution >= 4 is 23.2 Å². The van der Waals surface area contributed by atoms with Gasteiger partial charge in [-0.05, 0) is 29.5 Å². The van der Waals surface area contributed by atoms with Gasteiger partial charge in [-0.15, -0.1) is 10.2 Å². The molecule has 92 valence electrons. The second-order valence-corrected chi connectivity index (χ2v) is 3.45. The van der Waals surface area contributed by atoms with E-state index >= 15 is 0 Å². The maximum atomic E-state index is 11.6. The highest BCUT2D eigenvalue weighted by molar-refractivity contribution is 6.01. The molecule has 0 aliphatic carbocycles. The molecule has 2 amide bonds. The molecule has 2 aromatic rings. The summed E-state index contributed by atoms with van der Waals surface area (Å²) < 4.78 is 0. The molecule has 0 atom stereocenters. The predicted octanol–water partition coefficient (Wildman–Crippen LogP) is 0.410. The highest BCUT2D eigenvalue weighted by atomic mass is 16.2. The van der Waals surface area contributed by atoms with Crippen molar-refractivity contribution in [3.63, 3.8) is 0 Å². The lowest BCUT2D eigenvalue weighted by molar-refractivity contribution is -0.114. The molecule has 0 unspecified atom stereocenters. The number of carbonyl (C=O) groups is 2. The van der Waals surface area contributed by atoms with Gasteiger partial charge in [0.1, 0.15) is 0 Å². The van der Waals surface area contributed by atoms with Crippen molar-refractivity contribution in [1.29, 1.82) is 0 Å². The third-order valence-corrected chi connectivity index (χ3v) is 2.01. The van der Waals surface area contributed by atoms with Gasteiger partial charge in [0.05, 0.1) is 0 Å². The first-order chi connectivity index (χ1) is 8.65. The molecular formula is C10H10N6O2. The van der Waals surface area contributed by atoms with Crippen LogP contribution in [-0.4, -0.2) is 32.4 Å². The second kappa shape index (κ2) is 5.04. The zero-order valence-corrected chi connectivity index (χ0v) is 9.47. The average molecular weight is 246 g/mol. The van der Waals surface area contributed by atoms with Crippen molar-refractivity contribution in [2.45, 2.75) is 6.92 Å². The summed E-state index contributed by atoms with van der Waals surface area (Å²) in [7, 11) is 0. The molecule has 0 bridgehead atoms. The van der Waals surface area contributed by atoms with Crippen LogP contribution in [0.3, 0.4) is 0 Å². The quantitative estimate of drug-likeness (QED) is 0.726. The van der Waals surface area contributed by atoms with Crippen molar-refractivity contribution in [2.24, 2.45) is 0 Å². The number of hydrogen-bond acceptors (Lipinski definition) is 5. The molecule has 3 N–H and O–H groups in total. The largest absolute Gasteiger partial charge is 0.326 e. The van der Waals surface area contributed by atoms with E-state index in [4.69, 9.17) is 0 Å². The van der Waals surface area contributed by atoms with E-state index in [2.05, 4.69) is 31.3 Å². The fourth-order valence-corrected chi connectivity index (χ4v) is 1.29. The minimum atomic E-state index is -0.462. The van der Waals surface area contributed by atoms with Gasteiger partial charge in [-0.1, -0.05) is 0 Å². The van der Waals surface area contributed by atoms with Gasteiger partial charge < -0.3 is 10.6 Å². The number of anilines is 2. The summed E-state index contributed by atoms with van der Waals surface area (Å²) in [5.41, 5.74) is 1.22. The third kappa shape index (κ3) is 2.88. The van der Waals surface area contributed by atoms with Crippen molar-refractivity contribution < 1.29 is 9.59 Å². The molecule has 0 fully saturated rings. The van der Waals surface area contributed by atoms with Gasteiger partial charge in [-0.25, -0.2) is 0 Å². The highest BCUT2D eigenvalue weighted by Gasteiger charge is 2.10. The van der Waals surface area contributed by atoms with E-state index in [1.807, 2.05) is 0 Å². The van der Waals surface area contributed by atoms with Crippen molar-refractivity contribution in [1.82, 2.24) is 20.6 Å². The van der Waals surface area contributed by atoms with E-state index in [-0.39, 0.29) is 11.7 Å². The number of hydrogen-bond donors (Lipinski definition) is 3. The van der Waals surface area contributed by atoms with Crippen LogP contribution in [-0.2, 0) is 4.79 Å². The van der Waals surface area contributed by atoms with E-state index in [1.165, 1.54) is 6.92 Å². The Hall–Kier alpha value is -2.77. The number of nitrogens with one attached hydrogen (secondary N) is 3. The van der Waals surface area contributed by atoms with Crippen molar-refractivity contribution in [3.05, 3.63) is 30.1 Å². The first-order valence-electron chi connectivity index (χ1n) is 5.07. The number of aromatic nitrogens is 4. The maximum Gasteiger partial charge on any atom is 0.297 e. The molecule has 0 saturated carbocycles. The van der Waals surface area contributed by atoms with E-state index in [9.17, 15) is 9.59 Å². The lowest BCUT2D eigenvalue weighted by atomic mass is 10.2. The Kier molecular flexibility index (Phi) is 3.28. The topological polar surface area (TPSA) is 113 Å². The maximum absolute atomic E-state index is 11.6. The lowest BCUT2D eigenvalue weighted by Crippen LogP contribution is -2.14. The SMILES string of the molecule is CC(=O)Nc1ccc(NC(=O)c2nn[nH]n2)cc1. The molecule has 0 saturated heterocycles. The summed E-state index contributed by atoms with van der Waals surface area (Å²) in [6, 6.07) is 6.66. The molecule has 0 radical (unpaired) electrons. The number of rotatable bonds is 3. The molecule has 1 aromatic carbocycles. The van der Waals surface area contributed by atoms with Gasteiger partial charge in [0.25, 0.3) is 11.7 Å². The van der Waals surface area contributed by atoms with Gasteiger partial charge in [0.2, 0.25) is 5.91 Å². The number of tetrazole rings is 1. The van der Waals surface area contributed by atoms with Crippen LogP contribution in [0, 0.1) is 0 Å². The molecule has 0 spiro atoms. The van der Waals surface area contributed by atoms with Crippen LogP contribution in [0.2, 0.25) is 0 Å². The van der Waals surface area contributed by atoms with E-state index in [0.717, 1.165) is 0 Å². The van der Waals surface area contributed by atoms with Gasteiger partial charge in [0, 0.05) is 18.3 Å². The zero-order chi connectivity index (χ0) is 13.0. The van der Waals surface area contributed by atoms with Crippen molar-refractivity contribution in [3.8, 4) is 0 Å². The molecule has 0 aliphatic rings. The zero-order valence-electron chi connectivity index (χ0n) is 9.47. The molecular weight excluding hydrogens is 236 g/mol. The molecule has 8 heteroatoms. The van der Waals surface area contributed by atoms with Crippen LogP contribution in [0.25, 0.3) is 0 Å². The Bertz CT molecular complexity index is 548. The average Bonchev–Trinajstić information content (AvgIpc) is 2.84. The number of benzene rings is 1. The van der Waals surface area contributed by atoms with Crippen molar-refractivity contribution in [2.75, 3.05) is 10.6 Å². The number of aromatic amines is 1. The van der Waals surface area contributed by atoms with Gasteiger partial charge in [-0.3, -0.25) is 9.59 Å². The first-order valence-corrected chi connectivity index (χ1v) is 5.07. The first kappa shape index (κ1) is 11.7. The number of nitrogens with zero attached hydrogens (tertiary/aromatic N) is 3. The van der Waals surface area contributed by atoms with Crippen LogP contribution in [0.1, 0.15) is 17.5 Å². The monoisotopic (exact) mass is 246 g/mol. The van der Waals surface area contributed by atoms with E-state index in [0.29, 0.717) is 11.4 Å². The number of amides is 2. The second-order valence-electron chi connectivity index (χ2n) is 3.45. The lowest BCUT2D eigenvalue weighted by Gasteiger charge is -2.04. The Labute approximate surface area is 102 Å². The fraction of sp³-hybridized carbons (Fsp3) is 0.100. The minimum absolute atomic E-state index is 0.0408. The van der Waals surface area contributed by atoms with E-state index < -0.39 is 5.91 Å². The summed E-state index contributed by atoms with van der Waals surface area (Å²) in [5, 5.41) is 17.8. The Morgan fingerprint density at radius 1 is 1.11 bits per heavy atom. The van der Waals surface area contributed by atoms with Crippen LogP contribution < -0.4 is 10.6 Å². The summed E-state index contributed by atoms with van der Waals surface area (Å²) in [4.78, 5) is 22.4. The Balaban J connectivity index is 2.02. The highest BCUT2D eigenvalue weighted by Crippen LogP contribution is 2.13. The molecule has 8 nitrogen and oxygen atoms in total. The van der Waals surface area contributed by atoms with E-state index in [1.54, 1.807) is 24.3 Å². The van der Waals surface area contributed by atoms with Crippen LogP contribution in [0.15, 0.2) is 24.3 Å². The fourth-order valence-electron chi connectivity index (χ4n) is 1.29. The summed E-state index contributed by atoms with van der Waals surface area (Å²) in [6.07, 6.45) is 0. The third-order valence-electron chi connectivity index (χ3n) is 2.01. The molecule has 1 heterocycles. The van der Waals surface area contributed by atoms with Crippen LogP contribution >= 0.6 is 0 Å².